The monoisotopic (exact) mass is 335 g/mol. The van der Waals surface area contributed by atoms with Gasteiger partial charge in [0.15, 0.2) is 0 Å². The molecule has 0 spiro atoms. The van der Waals surface area contributed by atoms with Gasteiger partial charge in [0.1, 0.15) is 12.4 Å². The molecule has 5 nitrogen and oxygen atoms in total. The van der Waals surface area contributed by atoms with Crippen LogP contribution >= 0.6 is 0 Å². The van der Waals surface area contributed by atoms with Gasteiger partial charge in [0.25, 0.3) is 5.91 Å². The van der Waals surface area contributed by atoms with Crippen molar-refractivity contribution in [3.8, 4) is 11.3 Å². The van der Waals surface area contributed by atoms with E-state index in [-0.39, 0.29) is 12.5 Å². The molecule has 4 rings (SSSR count). The maximum atomic E-state index is 12.1. The van der Waals surface area contributed by atoms with Crippen molar-refractivity contribution >= 4 is 17.3 Å². The molecule has 3 heterocycles. The van der Waals surface area contributed by atoms with Gasteiger partial charge in [-0.05, 0) is 37.1 Å². The number of allylic oxidation sites excluding steroid dienone is 2. The number of aromatic nitrogens is 2. The van der Waals surface area contributed by atoms with E-state index >= 15 is 0 Å². The number of carbonyl (C=O) groups excluding carboxylic acids is 1. The summed E-state index contributed by atoms with van der Waals surface area (Å²) in [6, 6.07) is 7.96. The minimum atomic E-state index is -0.0465. The second-order valence-electron chi connectivity index (χ2n) is 6.49. The summed E-state index contributed by atoms with van der Waals surface area (Å²) in [5.74, 6) is 0.628. The van der Waals surface area contributed by atoms with Crippen molar-refractivity contribution in [1.29, 1.82) is 0 Å². The van der Waals surface area contributed by atoms with E-state index in [2.05, 4.69) is 24.9 Å². The first-order valence-corrected chi connectivity index (χ1v) is 8.71. The zero-order valence-corrected chi connectivity index (χ0v) is 14.6. The van der Waals surface area contributed by atoms with E-state index in [4.69, 9.17) is 9.72 Å². The van der Waals surface area contributed by atoms with Crippen molar-refractivity contribution in [2.45, 2.75) is 26.7 Å². The van der Waals surface area contributed by atoms with Gasteiger partial charge in [-0.15, -0.1) is 0 Å². The molecule has 2 aromatic rings. The highest BCUT2D eigenvalue weighted by atomic mass is 16.5. The Labute approximate surface area is 147 Å². The number of pyridine rings is 2. The van der Waals surface area contributed by atoms with Crippen LogP contribution < -0.4 is 4.90 Å². The third-order valence-corrected chi connectivity index (χ3v) is 4.89. The Hall–Kier alpha value is -2.53. The molecule has 1 aliphatic heterocycles. The molecule has 1 saturated heterocycles. The third-order valence-electron chi connectivity index (χ3n) is 4.89. The van der Waals surface area contributed by atoms with Gasteiger partial charge in [0, 0.05) is 23.7 Å². The minimum Gasteiger partial charge on any atom is -0.370 e. The Morgan fingerprint density at radius 2 is 2.20 bits per heavy atom. The van der Waals surface area contributed by atoms with E-state index < -0.39 is 0 Å². The van der Waals surface area contributed by atoms with Gasteiger partial charge in [-0.2, -0.15) is 0 Å². The number of hydrogen-bond acceptors (Lipinski definition) is 4. The second-order valence-corrected chi connectivity index (χ2v) is 6.49. The second kappa shape index (κ2) is 6.41. The number of nitrogens with zero attached hydrogens (tertiary/aromatic N) is 3. The van der Waals surface area contributed by atoms with Gasteiger partial charge >= 0.3 is 0 Å². The third kappa shape index (κ3) is 2.85. The summed E-state index contributed by atoms with van der Waals surface area (Å²) in [6.07, 6.45) is 3.84. The fraction of sp³-hybridized carbons (Fsp3) is 0.350. The quantitative estimate of drug-likeness (QED) is 0.864. The lowest BCUT2D eigenvalue weighted by atomic mass is 10.0. The molecule has 0 saturated carbocycles. The summed E-state index contributed by atoms with van der Waals surface area (Å²) in [5, 5.41) is 0. The van der Waals surface area contributed by atoms with Gasteiger partial charge in [-0.3, -0.25) is 14.7 Å². The molecular formula is C20H21N3O2. The SMILES string of the molecule is CCC1=C(C)Cc2ncc(-c3cccc(N4CCOCC4=O)n3)cc21. The Morgan fingerprint density at radius 1 is 1.32 bits per heavy atom. The molecule has 0 N–H and O–H groups in total. The van der Waals surface area contributed by atoms with Crippen LogP contribution in [0.5, 0.6) is 0 Å². The van der Waals surface area contributed by atoms with Crippen LogP contribution in [0.4, 0.5) is 5.82 Å². The summed E-state index contributed by atoms with van der Waals surface area (Å²) in [7, 11) is 0. The highest BCUT2D eigenvalue weighted by Crippen LogP contribution is 2.35. The van der Waals surface area contributed by atoms with Crippen LogP contribution in [0, 0.1) is 0 Å². The summed E-state index contributed by atoms with van der Waals surface area (Å²) in [4.78, 5) is 23.1. The van der Waals surface area contributed by atoms with Crippen molar-refractivity contribution in [3.05, 3.63) is 47.3 Å². The molecule has 1 amide bonds. The van der Waals surface area contributed by atoms with E-state index in [1.54, 1.807) is 4.90 Å². The van der Waals surface area contributed by atoms with Crippen LogP contribution in [-0.2, 0) is 16.0 Å². The van der Waals surface area contributed by atoms with Crippen molar-refractivity contribution in [1.82, 2.24) is 9.97 Å². The van der Waals surface area contributed by atoms with E-state index in [0.29, 0.717) is 19.0 Å². The molecule has 0 atom stereocenters. The number of morpholine rings is 1. The molecule has 0 bridgehead atoms. The maximum absolute atomic E-state index is 12.1. The van der Waals surface area contributed by atoms with Crippen molar-refractivity contribution in [2.75, 3.05) is 24.7 Å². The van der Waals surface area contributed by atoms with Crippen LogP contribution in [0.3, 0.4) is 0 Å². The minimum absolute atomic E-state index is 0.0465. The predicted molar refractivity (Wildman–Crippen MR) is 97.2 cm³/mol. The number of fused-ring (bicyclic) bond motifs is 1. The molecule has 2 aliphatic rings. The first-order chi connectivity index (χ1) is 12.2. The molecule has 0 unspecified atom stereocenters. The Bertz CT molecular complexity index is 873. The average Bonchev–Trinajstić information content (AvgIpc) is 2.96. The maximum Gasteiger partial charge on any atom is 0.254 e. The lowest BCUT2D eigenvalue weighted by molar-refractivity contribution is -0.125. The Kier molecular flexibility index (Phi) is 4.09. The largest absolute Gasteiger partial charge is 0.370 e. The van der Waals surface area contributed by atoms with E-state index in [1.807, 2.05) is 24.4 Å². The average molecular weight is 335 g/mol. The first-order valence-electron chi connectivity index (χ1n) is 8.71. The molecular weight excluding hydrogens is 314 g/mol. The molecule has 5 heteroatoms. The van der Waals surface area contributed by atoms with Gasteiger partial charge in [-0.1, -0.05) is 18.6 Å². The van der Waals surface area contributed by atoms with Crippen LogP contribution in [0.25, 0.3) is 16.8 Å². The number of carbonyl (C=O) groups is 1. The highest BCUT2D eigenvalue weighted by Gasteiger charge is 2.22. The Balaban J connectivity index is 1.71. The Morgan fingerprint density at radius 3 is 3.00 bits per heavy atom. The van der Waals surface area contributed by atoms with Gasteiger partial charge in [0.05, 0.1) is 24.5 Å². The lowest BCUT2D eigenvalue weighted by Gasteiger charge is -2.26. The smallest absolute Gasteiger partial charge is 0.254 e. The van der Waals surface area contributed by atoms with Crippen molar-refractivity contribution in [3.63, 3.8) is 0 Å². The molecule has 2 aromatic heterocycles. The summed E-state index contributed by atoms with van der Waals surface area (Å²) >= 11 is 0. The number of hydrogen-bond donors (Lipinski definition) is 0. The molecule has 1 fully saturated rings. The van der Waals surface area contributed by atoms with E-state index in [9.17, 15) is 4.79 Å². The topological polar surface area (TPSA) is 55.3 Å². The molecule has 0 radical (unpaired) electrons. The predicted octanol–water partition coefficient (Wildman–Crippen LogP) is 3.25. The lowest BCUT2D eigenvalue weighted by Crippen LogP contribution is -2.42. The molecule has 1 aliphatic carbocycles. The highest BCUT2D eigenvalue weighted by molar-refractivity contribution is 5.94. The van der Waals surface area contributed by atoms with Crippen LogP contribution in [0.2, 0.25) is 0 Å². The normalized spacial score (nSPS) is 17.2. The number of ether oxygens (including phenoxy) is 1. The van der Waals surface area contributed by atoms with Crippen LogP contribution in [0.15, 0.2) is 36.0 Å². The molecule has 0 aromatic carbocycles. The van der Waals surface area contributed by atoms with Crippen LogP contribution in [-0.4, -0.2) is 35.6 Å². The number of anilines is 1. The van der Waals surface area contributed by atoms with Crippen molar-refractivity contribution < 1.29 is 9.53 Å². The van der Waals surface area contributed by atoms with E-state index in [0.717, 1.165) is 29.8 Å². The van der Waals surface area contributed by atoms with Crippen LogP contribution in [0.1, 0.15) is 31.5 Å². The van der Waals surface area contributed by atoms with Gasteiger partial charge in [-0.25, -0.2) is 4.98 Å². The molecule has 128 valence electrons. The molecule has 25 heavy (non-hydrogen) atoms. The number of amides is 1. The van der Waals surface area contributed by atoms with E-state index in [1.165, 1.54) is 16.7 Å². The fourth-order valence-corrected chi connectivity index (χ4v) is 3.61. The summed E-state index contributed by atoms with van der Waals surface area (Å²) < 4.78 is 5.20. The first kappa shape index (κ1) is 16.0. The number of rotatable bonds is 3. The zero-order valence-electron chi connectivity index (χ0n) is 14.6. The zero-order chi connectivity index (χ0) is 17.4. The standard InChI is InChI=1S/C20H21N3O2/c1-3-15-13(2)9-18-16(15)10-14(11-21-18)17-5-4-6-19(22-17)23-7-8-25-12-20(23)24/h4-6,10-11H,3,7-9,12H2,1-2H3. The fourth-order valence-electron chi connectivity index (χ4n) is 3.61. The van der Waals surface area contributed by atoms with Gasteiger partial charge in [0.2, 0.25) is 0 Å². The summed E-state index contributed by atoms with van der Waals surface area (Å²) in [6.45, 7) is 5.57. The summed E-state index contributed by atoms with van der Waals surface area (Å²) in [5.41, 5.74) is 7.02. The van der Waals surface area contributed by atoms with Gasteiger partial charge < -0.3 is 4.74 Å². The van der Waals surface area contributed by atoms with Crippen molar-refractivity contribution in [2.24, 2.45) is 0 Å².